The number of Topliss-reactive ketones (excluding diaryl/α,β-unsaturated/α-hetero) is 1. The number of nitriles is 1. The van der Waals surface area contributed by atoms with Gasteiger partial charge in [0.25, 0.3) is 0 Å². The topological polar surface area (TPSA) is 108 Å². The molecular weight excluding hydrogens is 467 g/mol. The van der Waals surface area contributed by atoms with Crippen molar-refractivity contribution in [2.24, 2.45) is 0 Å². The minimum absolute atomic E-state index is 0.236. The molecule has 0 aliphatic carbocycles. The quantitative estimate of drug-likeness (QED) is 0.366. The number of hydrogen-bond acceptors (Lipinski definition) is 6. The van der Waals surface area contributed by atoms with Gasteiger partial charge in [-0.25, -0.2) is 4.79 Å². The highest BCUT2D eigenvalue weighted by Gasteiger charge is 2.21. The molecule has 2 rings (SSSR count). The van der Waals surface area contributed by atoms with Crippen LogP contribution in [0.3, 0.4) is 0 Å². The first-order valence-corrected chi connectivity index (χ1v) is 10.9. The molecule has 2 N–H and O–H groups in total. The first-order valence-electron chi connectivity index (χ1n) is 7.56. The Morgan fingerprint density at radius 1 is 1.35 bits per heavy atom. The third-order valence-electron chi connectivity index (χ3n) is 3.38. The molecule has 1 amide bonds. The molecule has 0 aliphatic heterocycles. The van der Waals surface area contributed by atoms with Gasteiger partial charge < -0.3 is 4.74 Å². The van der Waals surface area contributed by atoms with E-state index in [2.05, 4.69) is 5.32 Å². The van der Waals surface area contributed by atoms with Crippen LogP contribution in [0.5, 0.6) is 0 Å². The lowest BCUT2D eigenvalue weighted by atomic mass is 10.1. The highest BCUT2D eigenvalue weighted by Crippen LogP contribution is 2.32. The van der Waals surface area contributed by atoms with Gasteiger partial charge in [0.1, 0.15) is 17.4 Å². The average molecular weight is 484 g/mol. The van der Waals surface area contributed by atoms with Crippen LogP contribution in [0.1, 0.15) is 36.8 Å². The van der Waals surface area contributed by atoms with Gasteiger partial charge in [0.05, 0.1) is 5.52 Å². The molecular formula is C17H17IN4O3S. The van der Waals surface area contributed by atoms with Crippen molar-refractivity contribution in [2.45, 2.75) is 33.3 Å². The number of ether oxygens (including phenoxy) is 1. The molecule has 0 fully saturated rings. The molecule has 9 heteroatoms. The maximum Gasteiger partial charge on any atom is 0.412 e. The molecule has 136 valence electrons. The van der Waals surface area contributed by atoms with Crippen molar-refractivity contribution in [1.29, 1.82) is 10.7 Å². The van der Waals surface area contributed by atoms with E-state index in [9.17, 15) is 9.59 Å². The Hall–Kier alpha value is -2.06. The Morgan fingerprint density at radius 2 is 2.00 bits per heavy atom. The van der Waals surface area contributed by atoms with Gasteiger partial charge >= 0.3 is 6.09 Å². The number of nitrogens with zero attached hydrogens (tertiary/aromatic N) is 2. The Balaban J connectivity index is 2.49. The van der Waals surface area contributed by atoms with Crippen LogP contribution in [-0.4, -0.2) is 27.2 Å². The zero-order valence-electron chi connectivity index (χ0n) is 14.6. The van der Waals surface area contributed by atoms with Gasteiger partial charge in [-0.15, -0.1) is 0 Å². The van der Waals surface area contributed by atoms with Gasteiger partial charge in [0.2, 0.25) is 5.78 Å². The van der Waals surface area contributed by atoms with Crippen LogP contribution in [0, 0.1) is 23.7 Å². The zero-order valence-corrected chi connectivity index (χ0v) is 17.6. The standard InChI is InChI=1S/C17H17IN4O3S/c1-9-5-10-6-14(15(23)11(20)8-19)22(26-18)13(10)7-12(9)21-16(24)25-17(2,3)4/h5-7,20H,1-4H3,(H,21,24). The molecule has 7 nitrogen and oxygen atoms in total. The Bertz CT molecular complexity index is 954. The summed E-state index contributed by atoms with van der Waals surface area (Å²) in [7, 11) is 1.25. The number of carbonyl (C=O) groups is 2. The molecule has 1 aromatic carbocycles. The summed E-state index contributed by atoms with van der Waals surface area (Å²) in [6.07, 6.45) is -0.567. The number of benzene rings is 1. The Morgan fingerprint density at radius 3 is 2.54 bits per heavy atom. The van der Waals surface area contributed by atoms with Crippen molar-refractivity contribution in [3.05, 3.63) is 29.5 Å². The van der Waals surface area contributed by atoms with Gasteiger partial charge in [0.15, 0.2) is 5.71 Å². The first-order chi connectivity index (χ1) is 12.1. The van der Waals surface area contributed by atoms with Gasteiger partial charge in [-0.05, 0) is 51.5 Å². The molecule has 0 saturated carbocycles. The van der Waals surface area contributed by atoms with Crippen LogP contribution in [-0.2, 0) is 4.74 Å². The molecule has 1 aromatic heterocycles. The van der Waals surface area contributed by atoms with Crippen molar-refractivity contribution in [2.75, 3.05) is 5.32 Å². The first kappa shape index (κ1) is 20.3. The third kappa shape index (κ3) is 4.37. The summed E-state index contributed by atoms with van der Waals surface area (Å²) >= 11 is 2.02. The van der Waals surface area contributed by atoms with E-state index in [0.717, 1.165) is 10.9 Å². The van der Waals surface area contributed by atoms with Gasteiger partial charge in [-0.1, -0.05) is 0 Å². The van der Waals surface area contributed by atoms with Crippen molar-refractivity contribution >= 4 is 64.5 Å². The fourth-order valence-electron chi connectivity index (χ4n) is 2.31. The number of carbonyl (C=O) groups excluding carboxylic acids is 2. The number of fused-ring (bicyclic) bond motifs is 1. The minimum atomic E-state index is -0.646. The van der Waals surface area contributed by atoms with E-state index < -0.39 is 23.2 Å². The number of nitrogens with one attached hydrogen (secondary N) is 2. The molecule has 0 saturated heterocycles. The van der Waals surface area contributed by atoms with Crippen LogP contribution < -0.4 is 5.32 Å². The molecule has 0 radical (unpaired) electrons. The summed E-state index contributed by atoms with van der Waals surface area (Å²) in [5.74, 6) is -0.646. The molecule has 1 heterocycles. The van der Waals surface area contributed by atoms with E-state index in [0.29, 0.717) is 11.2 Å². The van der Waals surface area contributed by atoms with E-state index in [4.69, 9.17) is 15.4 Å². The maximum atomic E-state index is 12.3. The maximum absolute atomic E-state index is 12.3. The number of amides is 1. The number of aromatic nitrogens is 1. The predicted molar refractivity (Wildman–Crippen MR) is 111 cm³/mol. The summed E-state index contributed by atoms with van der Waals surface area (Å²) in [6, 6.07) is 6.78. The van der Waals surface area contributed by atoms with Crippen LogP contribution in [0.4, 0.5) is 10.5 Å². The molecule has 0 atom stereocenters. The van der Waals surface area contributed by atoms with Crippen LogP contribution >= 0.6 is 30.3 Å². The minimum Gasteiger partial charge on any atom is -0.444 e. The fraction of sp³-hybridized carbons (Fsp3) is 0.294. The Kier molecular flexibility index (Phi) is 5.98. The van der Waals surface area contributed by atoms with Crippen molar-refractivity contribution in [1.82, 2.24) is 3.97 Å². The van der Waals surface area contributed by atoms with Crippen LogP contribution in [0.2, 0.25) is 0 Å². The summed E-state index contributed by atoms with van der Waals surface area (Å²) in [5, 5.41) is 19.8. The highest BCUT2D eigenvalue weighted by atomic mass is 127. The fourth-order valence-corrected chi connectivity index (χ4v) is 4.02. The van der Waals surface area contributed by atoms with E-state index in [1.807, 2.05) is 34.2 Å². The van der Waals surface area contributed by atoms with Crippen molar-refractivity contribution in [3.8, 4) is 6.07 Å². The number of anilines is 1. The lowest BCUT2D eigenvalue weighted by molar-refractivity contribution is 0.0635. The van der Waals surface area contributed by atoms with E-state index >= 15 is 0 Å². The van der Waals surface area contributed by atoms with E-state index in [1.54, 1.807) is 42.9 Å². The van der Waals surface area contributed by atoms with E-state index in [-0.39, 0.29) is 5.69 Å². The van der Waals surface area contributed by atoms with Crippen LogP contribution in [0.15, 0.2) is 18.2 Å². The number of hydrogen-bond donors (Lipinski definition) is 2. The number of aryl methyl sites for hydroxylation is 1. The lowest BCUT2D eigenvalue weighted by Gasteiger charge is -2.20. The number of ketones is 1. The number of halogens is 1. The largest absolute Gasteiger partial charge is 0.444 e. The average Bonchev–Trinajstić information content (AvgIpc) is 2.89. The van der Waals surface area contributed by atoms with E-state index in [1.165, 1.54) is 9.12 Å². The second kappa shape index (κ2) is 7.67. The second-order valence-corrected chi connectivity index (χ2v) is 8.25. The SMILES string of the molecule is Cc1cc2cc(C(=O)C(=N)C#N)n(SI)c2cc1NC(=O)OC(C)(C)C. The second-order valence-electron chi connectivity index (χ2n) is 6.56. The summed E-state index contributed by atoms with van der Waals surface area (Å²) in [4.78, 5) is 24.3. The lowest BCUT2D eigenvalue weighted by Crippen LogP contribution is -2.27. The molecule has 0 unspecified atom stereocenters. The molecule has 0 bridgehead atoms. The van der Waals surface area contributed by atoms with Gasteiger partial charge in [-0.2, -0.15) is 5.26 Å². The zero-order chi connectivity index (χ0) is 19.6. The molecule has 26 heavy (non-hydrogen) atoms. The number of rotatable bonds is 4. The monoisotopic (exact) mass is 484 g/mol. The Labute approximate surface area is 167 Å². The molecule has 0 spiro atoms. The van der Waals surface area contributed by atoms with Crippen LogP contribution in [0.25, 0.3) is 10.9 Å². The predicted octanol–water partition coefficient (Wildman–Crippen LogP) is 4.87. The summed E-state index contributed by atoms with van der Waals surface area (Å²) in [6.45, 7) is 7.17. The smallest absolute Gasteiger partial charge is 0.412 e. The third-order valence-corrected chi connectivity index (χ3v) is 5.09. The van der Waals surface area contributed by atoms with Crippen molar-refractivity contribution in [3.63, 3.8) is 0 Å². The van der Waals surface area contributed by atoms with Gasteiger partial charge in [0, 0.05) is 41.4 Å². The normalized spacial score (nSPS) is 11.1. The molecule has 0 aliphatic rings. The molecule has 2 aromatic rings. The summed E-state index contributed by atoms with van der Waals surface area (Å²) in [5.41, 5.74) is 1.05. The summed E-state index contributed by atoms with van der Waals surface area (Å²) < 4.78 is 6.90. The highest BCUT2D eigenvalue weighted by molar-refractivity contribution is 14.2. The van der Waals surface area contributed by atoms with Crippen molar-refractivity contribution < 1.29 is 14.3 Å². The van der Waals surface area contributed by atoms with Gasteiger partial charge in [-0.3, -0.25) is 19.5 Å².